The fourth-order valence-electron chi connectivity index (χ4n) is 2.26. The first kappa shape index (κ1) is 12.9. The van der Waals surface area contributed by atoms with Crippen LogP contribution in [0.5, 0.6) is 0 Å². The van der Waals surface area contributed by atoms with E-state index in [1.54, 1.807) is 6.07 Å². The van der Waals surface area contributed by atoms with E-state index in [2.05, 4.69) is 4.90 Å². The Hall–Kier alpha value is -0.560. The van der Waals surface area contributed by atoms with Gasteiger partial charge in [-0.15, -0.1) is 0 Å². The first-order chi connectivity index (χ1) is 8.11. The molecular formula is C12H16FIN2O. The van der Waals surface area contributed by atoms with E-state index in [0.717, 1.165) is 31.6 Å². The molecule has 1 aliphatic heterocycles. The second-order valence-electron chi connectivity index (χ2n) is 4.46. The number of nitrogen functional groups attached to an aromatic ring is 1. The zero-order chi connectivity index (χ0) is 12.4. The number of aliphatic hydroxyl groups is 1. The lowest BCUT2D eigenvalue weighted by Crippen LogP contribution is -2.37. The molecule has 0 saturated carbocycles. The normalized spacial score (nSPS) is 20.6. The molecule has 5 heteroatoms. The first-order valence-corrected chi connectivity index (χ1v) is 6.80. The molecule has 17 heavy (non-hydrogen) atoms. The number of benzene rings is 1. The van der Waals surface area contributed by atoms with Crippen LogP contribution in [0.3, 0.4) is 0 Å². The molecule has 2 rings (SSSR count). The van der Waals surface area contributed by atoms with E-state index >= 15 is 0 Å². The molecule has 94 valence electrons. The van der Waals surface area contributed by atoms with Gasteiger partial charge in [0.25, 0.3) is 0 Å². The van der Waals surface area contributed by atoms with Crippen LogP contribution in [0.4, 0.5) is 15.8 Å². The van der Waals surface area contributed by atoms with Gasteiger partial charge in [0, 0.05) is 25.8 Å². The number of anilines is 2. The first-order valence-electron chi connectivity index (χ1n) is 5.72. The summed E-state index contributed by atoms with van der Waals surface area (Å²) in [7, 11) is 0. The molecule has 0 aliphatic carbocycles. The van der Waals surface area contributed by atoms with Crippen molar-refractivity contribution >= 4 is 34.0 Å². The van der Waals surface area contributed by atoms with Gasteiger partial charge in [0.15, 0.2) is 0 Å². The summed E-state index contributed by atoms with van der Waals surface area (Å²) in [5.74, 6) is 0.0337. The third-order valence-electron chi connectivity index (χ3n) is 3.19. The number of hydrogen-bond donors (Lipinski definition) is 2. The molecule has 1 aromatic carbocycles. The number of nitrogens with zero attached hydrogens (tertiary/aromatic N) is 1. The van der Waals surface area contributed by atoms with Gasteiger partial charge < -0.3 is 15.7 Å². The van der Waals surface area contributed by atoms with Gasteiger partial charge in [0.05, 0.1) is 14.9 Å². The Morgan fingerprint density at radius 2 is 2.29 bits per heavy atom. The lowest BCUT2D eigenvalue weighted by atomic mass is 9.98. The second-order valence-corrected chi connectivity index (χ2v) is 5.62. The van der Waals surface area contributed by atoms with Crippen molar-refractivity contribution in [3.8, 4) is 0 Å². The smallest absolute Gasteiger partial charge is 0.138 e. The lowest BCUT2D eigenvalue weighted by molar-refractivity contribution is 0.209. The van der Waals surface area contributed by atoms with Gasteiger partial charge in [-0.25, -0.2) is 4.39 Å². The molecule has 0 spiro atoms. The second kappa shape index (κ2) is 5.39. The van der Waals surface area contributed by atoms with Crippen LogP contribution in [0.15, 0.2) is 12.1 Å². The minimum Gasteiger partial charge on any atom is -0.397 e. The van der Waals surface area contributed by atoms with E-state index in [9.17, 15) is 9.50 Å². The molecule has 1 aliphatic rings. The zero-order valence-electron chi connectivity index (χ0n) is 9.50. The summed E-state index contributed by atoms with van der Waals surface area (Å²) in [5.41, 5.74) is 7.29. The Labute approximate surface area is 114 Å². The minimum absolute atomic E-state index is 0.184. The summed E-state index contributed by atoms with van der Waals surface area (Å²) in [6.45, 7) is 1.81. The van der Waals surface area contributed by atoms with Gasteiger partial charge in [0.1, 0.15) is 5.82 Å². The molecule has 0 aromatic heterocycles. The zero-order valence-corrected chi connectivity index (χ0v) is 11.7. The molecule has 3 nitrogen and oxygen atoms in total. The SMILES string of the molecule is Nc1cc(I)c(F)cc1N1CCCC(CO)C1. The monoisotopic (exact) mass is 350 g/mol. The van der Waals surface area contributed by atoms with Crippen molar-refractivity contribution in [1.29, 1.82) is 0 Å². The number of hydrogen-bond acceptors (Lipinski definition) is 3. The Kier molecular flexibility index (Phi) is 4.09. The van der Waals surface area contributed by atoms with Crippen molar-refractivity contribution in [1.82, 2.24) is 0 Å². The van der Waals surface area contributed by atoms with Crippen LogP contribution in [0.2, 0.25) is 0 Å². The van der Waals surface area contributed by atoms with Crippen molar-refractivity contribution in [3.05, 3.63) is 21.5 Å². The molecule has 1 saturated heterocycles. The fraction of sp³-hybridized carbons (Fsp3) is 0.500. The molecule has 0 radical (unpaired) electrons. The van der Waals surface area contributed by atoms with Gasteiger partial charge in [-0.2, -0.15) is 0 Å². The predicted molar refractivity (Wildman–Crippen MR) is 75.6 cm³/mol. The summed E-state index contributed by atoms with van der Waals surface area (Å²) in [6.07, 6.45) is 2.04. The van der Waals surface area contributed by atoms with Gasteiger partial charge in [-0.05, 0) is 47.4 Å². The average Bonchev–Trinajstić information content (AvgIpc) is 2.34. The predicted octanol–water partition coefficient (Wildman–Crippen LogP) is 2.22. The third-order valence-corrected chi connectivity index (χ3v) is 4.01. The van der Waals surface area contributed by atoms with Crippen molar-refractivity contribution in [2.75, 3.05) is 30.3 Å². The van der Waals surface area contributed by atoms with E-state index in [4.69, 9.17) is 5.73 Å². The van der Waals surface area contributed by atoms with Gasteiger partial charge in [-0.1, -0.05) is 0 Å². The molecule has 1 fully saturated rings. The maximum absolute atomic E-state index is 13.6. The highest BCUT2D eigenvalue weighted by atomic mass is 127. The van der Waals surface area contributed by atoms with E-state index in [-0.39, 0.29) is 18.3 Å². The molecule has 1 atom stereocenters. The van der Waals surface area contributed by atoms with Crippen LogP contribution >= 0.6 is 22.6 Å². The van der Waals surface area contributed by atoms with Crippen LogP contribution in [0.1, 0.15) is 12.8 Å². The fourth-order valence-corrected chi connectivity index (χ4v) is 2.75. The maximum atomic E-state index is 13.6. The minimum atomic E-state index is -0.235. The summed E-state index contributed by atoms with van der Waals surface area (Å²) in [6, 6.07) is 3.16. The number of piperidine rings is 1. The Morgan fingerprint density at radius 3 is 3.00 bits per heavy atom. The quantitative estimate of drug-likeness (QED) is 0.635. The lowest BCUT2D eigenvalue weighted by Gasteiger charge is -2.34. The van der Waals surface area contributed by atoms with Gasteiger partial charge in [0.2, 0.25) is 0 Å². The van der Waals surface area contributed by atoms with Crippen LogP contribution in [0.25, 0.3) is 0 Å². The highest BCUT2D eigenvalue weighted by Gasteiger charge is 2.21. The topological polar surface area (TPSA) is 49.5 Å². The molecule has 1 unspecified atom stereocenters. The van der Waals surface area contributed by atoms with Crippen LogP contribution in [-0.2, 0) is 0 Å². The van der Waals surface area contributed by atoms with Crippen LogP contribution in [0, 0.1) is 15.3 Å². The van der Waals surface area contributed by atoms with Crippen LogP contribution in [-0.4, -0.2) is 24.8 Å². The molecule has 0 amide bonds. The highest BCUT2D eigenvalue weighted by molar-refractivity contribution is 14.1. The van der Waals surface area contributed by atoms with E-state index in [1.807, 2.05) is 22.6 Å². The van der Waals surface area contributed by atoms with Crippen molar-refractivity contribution in [3.63, 3.8) is 0 Å². The molecular weight excluding hydrogens is 334 g/mol. The van der Waals surface area contributed by atoms with Crippen LogP contribution < -0.4 is 10.6 Å². The Morgan fingerprint density at radius 1 is 1.53 bits per heavy atom. The van der Waals surface area contributed by atoms with Crippen molar-refractivity contribution < 1.29 is 9.50 Å². The Balaban J connectivity index is 2.24. The average molecular weight is 350 g/mol. The highest BCUT2D eigenvalue weighted by Crippen LogP contribution is 2.30. The van der Waals surface area contributed by atoms with Gasteiger partial charge >= 0.3 is 0 Å². The molecule has 1 heterocycles. The largest absolute Gasteiger partial charge is 0.397 e. The van der Waals surface area contributed by atoms with Gasteiger partial charge in [-0.3, -0.25) is 0 Å². The molecule has 3 N–H and O–H groups in total. The van der Waals surface area contributed by atoms with E-state index in [1.165, 1.54) is 6.07 Å². The summed E-state index contributed by atoms with van der Waals surface area (Å²) in [5, 5.41) is 9.19. The van der Waals surface area contributed by atoms with E-state index < -0.39 is 0 Å². The maximum Gasteiger partial charge on any atom is 0.138 e. The number of halogens is 2. The summed E-state index contributed by atoms with van der Waals surface area (Å²) >= 11 is 1.94. The summed E-state index contributed by atoms with van der Waals surface area (Å²) in [4.78, 5) is 2.07. The van der Waals surface area contributed by atoms with E-state index in [0.29, 0.717) is 9.26 Å². The van der Waals surface area contributed by atoms with Crippen molar-refractivity contribution in [2.45, 2.75) is 12.8 Å². The standard InChI is InChI=1S/C12H16FIN2O/c13-9-4-12(11(15)5-10(9)14)16-3-1-2-8(6-16)7-17/h4-5,8,17H,1-3,6-7,15H2. The summed E-state index contributed by atoms with van der Waals surface area (Å²) < 4.78 is 14.1. The number of nitrogens with two attached hydrogens (primary N) is 1. The molecule has 1 aromatic rings. The number of aliphatic hydroxyl groups excluding tert-OH is 1. The Bertz CT molecular complexity index is 414. The number of rotatable bonds is 2. The van der Waals surface area contributed by atoms with Crippen molar-refractivity contribution in [2.24, 2.45) is 5.92 Å². The molecule has 0 bridgehead atoms. The third kappa shape index (κ3) is 2.82.